The lowest BCUT2D eigenvalue weighted by Crippen LogP contribution is -2.20. The first kappa shape index (κ1) is 23.0. The fraction of sp³-hybridized carbons (Fsp3) is 0.619. The second-order valence-electron chi connectivity index (χ2n) is 7.27. The lowest BCUT2D eigenvalue weighted by molar-refractivity contribution is 0.0974. The van der Waals surface area contributed by atoms with Gasteiger partial charge in [0.2, 0.25) is 0 Å². The zero-order valence-corrected chi connectivity index (χ0v) is 17.8. The molecule has 0 aliphatic heterocycles. The van der Waals surface area contributed by atoms with Crippen LogP contribution in [0.1, 0.15) is 76.8 Å². The number of aliphatic hydroxyl groups is 1. The van der Waals surface area contributed by atoms with Gasteiger partial charge in [0.15, 0.2) is 0 Å². The molecule has 144 valence electrons. The summed E-state index contributed by atoms with van der Waals surface area (Å²) in [5.74, 6) is 0.638. The van der Waals surface area contributed by atoms with Gasteiger partial charge in [-0.3, -0.25) is 0 Å². The minimum absolute atomic E-state index is 0.256. The molecule has 0 bridgehead atoms. The van der Waals surface area contributed by atoms with Crippen LogP contribution < -0.4 is 4.74 Å². The molecule has 1 rings (SSSR count). The topological polar surface area (TPSA) is 53.2 Å². The molecule has 0 saturated heterocycles. The molecule has 0 aromatic heterocycles. The molecule has 1 aromatic carbocycles. The van der Waals surface area contributed by atoms with Gasteiger partial charge >= 0.3 is 0 Å². The molecule has 0 fully saturated rings. The third-order valence-corrected chi connectivity index (χ3v) is 4.97. The van der Waals surface area contributed by atoms with Crippen molar-refractivity contribution in [2.45, 2.75) is 77.2 Å². The first-order valence-electron chi connectivity index (χ1n) is 9.41. The Bertz CT molecular complexity index is 623. The van der Waals surface area contributed by atoms with Crippen LogP contribution in [0.15, 0.2) is 18.2 Å². The summed E-state index contributed by atoms with van der Waals surface area (Å²) in [5.41, 5.74) is 0.872. The average molecular weight is 394 g/mol. The Morgan fingerprint density at radius 1 is 1.27 bits per heavy atom. The molecular weight excluding hydrogens is 362 g/mol. The Hall–Kier alpha value is -1.09. The number of benzene rings is 1. The number of ether oxygens (including phenoxy) is 1. The summed E-state index contributed by atoms with van der Waals surface area (Å²) in [7, 11) is 0. The minimum atomic E-state index is -0.696. The van der Waals surface area contributed by atoms with Gasteiger partial charge in [0.25, 0.3) is 0 Å². The summed E-state index contributed by atoms with van der Waals surface area (Å²) in [6.45, 7) is 6.15. The first-order valence-corrected chi connectivity index (χ1v) is 10.3. The van der Waals surface area contributed by atoms with E-state index in [-0.39, 0.29) is 6.61 Å². The van der Waals surface area contributed by atoms with Crippen LogP contribution in [0.2, 0.25) is 0 Å². The molecule has 1 atom stereocenters. The Kier molecular flexibility index (Phi) is 10.2. The van der Waals surface area contributed by atoms with Crippen LogP contribution in [0.25, 0.3) is 0 Å². The van der Waals surface area contributed by atoms with E-state index in [1.807, 2.05) is 32.0 Å². The van der Waals surface area contributed by atoms with Crippen LogP contribution in [-0.2, 0) is 5.41 Å². The van der Waals surface area contributed by atoms with Crippen LogP contribution in [0, 0.1) is 11.3 Å². The van der Waals surface area contributed by atoms with Crippen LogP contribution in [-0.4, -0.2) is 22.0 Å². The number of rotatable bonds is 12. The smallest absolute Gasteiger partial charge is 0.119 e. The molecule has 1 N–H and O–H groups in total. The van der Waals surface area contributed by atoms with E-state index < -0.39 is 11.5 Å². The number of thiocarbonyl (C=S) groups is 1. The monoisotopic (exact) mass is 393 g/mol. The van der Waals surface area contributed by atoms with E-state index in [1.165, 1.54) is 25.7 Å². The number of unbranched alkanes of at least 4 members (excludes halogenated alkanes) is 5. The fourth-order valence-electron chi connectivity index (χ4n) is 2.81. The van der Waals surface area contributed by atoms with Crippen LogP contribution in [0.4, 0.5) is 0 Å². The van der Waals surface area contributed by atoms with Gasteiger partial charge in [-0.05, 0) is 44.0 Å². The summed E-state index contributed by atoms with van der Waals surface area (Å²) in [6.07, 6.45) is 7.51. The third-order valence-electron chi connectivity index (χ3n) is 4.51. The van der Waals surface area contributed by atoms with E-state index in [0.717, 1.165) is 30.4 Å². The highest BCUT2D eigenvalue weighted by Gasteiger charge is 2.25. The molecule has 1 aromatic rings. The fourth-order valence-corrected chi connectivity index (χ4v) is 3.19. The summed E-state index contributed by atoms with van der Waals surface area (Å²) in [6, 6.07) is 7.77. The maximum atomic E-state index is 10.1. The molecule has 26 heavy (non-hydrogen) atoms. The molecule has 0 saturated carbocycles. The van der Waals surface area contributed by atoms with Crippen LogP contribution in [0.5, 0.6) is 5.75 Å². The molecular formula is C21H31NO2S2. The minimum Gasteiger partial charge on any atom is -0.491 e. The van der Waals surface area contributed by atoms with Gasteiger partial charge in [-0.1, -0.05) is 57.7 Å². The number of nitrogens with zero attached hydrogens (tertiary/aromatic N) is 1. The summed E-state index contributed by atoms with van der Waals surface area (Å²) in [4.78, 5) is 0. The Labute approximate surface area is 169 Å². The predicted octanol–water partition coefficient (Wildman–Crippen LogP) is 5.58. The zero-order valence-electron chi connectivity index (χ0n) is 16.1. The zero-order chi connectivity index (χ0) is 19.6. The van der Waals surface area contributed by atoms with Gasteiger partial charge in [-0.15, -0.1) is 12.6 Å². The van der Waals surface area contributed by atoms with E-state index in [0.29, 0.717) is 9.95 Å². The molecule has 0 heterocycles. The van der Waals surface area contributed by atoms with Crippen molar-refractivity contribution in [3.8, 4) is 11.8 Å². The number of hydrogen-bond donors (Lipinski definition) is 2. The van der Waals surface area contributed by atoms with E-state index >= 15 is 0 Å². The van der Waals surface area contributed by atoms with Crippen molar-refractivity contribution < 1.29 is 9.84 Å². The van der Waals surface area contributed by atoms with Crippen LogP contribution in [0.3, 0.4) is 0 Å². The molecule has 0 amide bonds. The van der Waals surface area contributed by atoms with Gasteiger partial charge in [0.05, 0.1) is 21.8 Å². The SMILES string of the molecule is CCCCCCCCC(O)COc1ccc(C(=S)S)c(C(C)(C)C#N)c1. The lowest BCUT2D eigenvalue weighted by Gasteiger charge is -2.21. The second kappa shape index (κ2) is 11.6. The molecule has 0 aliphatic carbocycles. The predicted molar refractivity (Wildman–Crippen MR) is 115 cm³/mol. The summed E-state index contributed by atoms with van der Waals surface area (Å²) >= 11 is 9.43. The lowest BCUT2D eigenvalue weighted by atomic mass is 9.83. The molecule has 5 heteroatoms. The summed E-state index contributed by atoms with van der Waals surface area (Å²) < 4.78 is 6.21. The van der Waals surface area contributed by atoms with Gasteiger partial charge < -0.3 is 9.84 Å². The van der Waals surface area contributed by atoms with Gasteiger partial charge in [0.1, 0.15) is 12.4 Å². The largest absolute Gasteiger partial charge is 0.491 e. The molecule has 0 radical (unpaired) electrons. The second-order valence-corrected chi connectivity index (χ2v) is 8.43. The Morgan fingerprint density at radius 3 is 2.54 bits per heavy atom. The first-order chi connectivity index (χ1) is 12.3. The molecule has 0 aliphatic rings. The average Bonchev–Trinajstić information content (AvgIpc) is 2.62. The van der Waals surface area contributed by atoms with Crippen molar-refractivity contribution >= 4 is 29.0 Å². The normalized spacial score (nSPS) is 12.5. The number of thiol groups is 1. The summed E-state index contributed by atoms with van der Waals surface area (Å²) in [5, 5.41) is 19.6. The molecule has 1 unspecified atom stereocenters. The number of hydrogen-bond acceptors (Lipinski definition) is 4. The quantitative estimate of drug-likeness (QED) is 0.276. The standard InChI is InChI=1S/C21H31NO2S2/c1-4-5-6-7-8-9-10-16(23)14-24-17-11-12-18(20(25)26)19(13-17)21(2,3)15-22/h11-13,16,23H,4-10,14H2,1-3H3,(H,25,26). The van der Waals surface area contributed by atoms with E-state index in [4.69, 9.17) is 17.0 Å². The highest BCUT2D eigenvalue weighted by atomic mass is 32.1. The number of aliphatic hydroxyl groups excluding tert-OH is 1. The van der Waals surface area contributed by atoms with Crippen molar-refractivity contribution in [1.82, 2.24) is 0 Å². The van der Waals surface area contributed by atoms with Crippen molar-refractivity contribution in [3.63, 3.8) is 0 Å². The molecule has 0 spiro atoms. The maximum absolute atomic E-state index is 10.1. The highest BCUT2D eigenvalue weighted by molar-refractivity contribution is 8.11. The van der Waals surface area contributed by atoms with Crippen molar-refractivity contribution in [2.24, 2.45) is 0 Å². The van der Waals surface area contributed by atoms with Gasteiger partial charge in [0, 0.05) is 5.56 Å². The van der Waals surface area contributed by atoms with Crippen molar-refractivity contribution in [2.75, 3.05) is 6.61 Å². The molecule has 3 nitrogen and oxygen atoms in total. The maximum Gasteiger partial charge on any atom is 0.119 e. The van der Waals surface area contributed by atoms with E-state index in [1.54, 1.807) is 0 Å². The van der Waals surface area contributed by atoms with Crippen molar-refractivity contribution in [1.29, 1.82) is 5.26 Å². The Balaban J connectivity index is 2.59. The third kappa shape index (κ3) is 7.65. The highest BCUT2D eigenvalue weighted by Crippen LogP contribution is 2.31. The van der Waals surface area contributed by atoms with Crippen LogP contribution >= 0.6 is 24.8 Å². The van der Waals surface area contributed by atoms with Gasteiger partial charge in [-0.2, -0.15) is 5.26 Å². The van der Waals surface area contributed by atoms with E-state index in [9.17, 15) is 10.4 Å². The number of nitriles is 1. The Morgan fingerprint density at radius 2 is 1.92 bits per heavy atom. The van der Waals surface area contributed by atoms with Crippen molar-refractivity contribution in [3.05, 3.63) is 29.3 Å². The van der Waals surface area contributed by atoms with Gasteiger partial charge in [-0.25, -0.2) is 0 Å². The van der Waals surface area contributed by atoms with E-state index in [2.05, 4.69) is 25.6 Å².